The van der Waals surface area contributed by atoms with Crippen molar-refractivity contribution in [3.05, 3.63) is 29.1 Å². The lowest BCUT2D eigenvalue weighted by Crippen LogP contribution is -2.14. The van der Waals surface area contributed by atoms with Crippen LogP contribution in [0.4, 0.5) is 4.39 Å². The zero-order valence-electron chi connectivity index (χ0n) is 9.67. The Balaban J connectivity index is 3.05. The van der Waals surface area contributed by atoms with Crippen molar-refractivity contribution in [1.82, 2.24) is 5.48 Å². The molecule has 0 spiro atoms. The van der Waals surface area contributed by atoms with E-state index in [1.165, 1.54) is 26.4 Å². The Labute approximate surface area is 94.3 Å². The molecular formula is C11H16FNO3. The zero-order chi connectivity index (χ0) is 12.0. The molecule has 0 aromatic heterocycles. The molecule has 0 atom stereocenters. The topological polar surface area (TPSA) is 39.7 Å². The number of hydrogen-bond donors (Lipinski definition) is 1. The molecule has 0 unspecified atom stereocenters. The molecule has 1 aromatic carbocycles. The van der Waals surface area contributed by atoms with Gasteiger partial charge < -0.3 is 14.3 Å². The van der Waals surface area contributed by atoms with Gasteiger partial charge in [0.2, 0.25) is 0 Å². The van der Waals surface area contributed by atoms with Crippen molar-refractivity contribution < 1.29 is 18.7 Å². The summed E-state index contributed by atoms with van der Waals surface area (Å²) in [6.07, 6.45) is 0. The van der Waals surface area contributed by atoms with Crippen LogP contribution < -0.4 is 10.2 Å². The first-order valence-corrected chi connectivity index (χ1v) is 4.83. The number of rotatable bonds is 6. The summed E-state index contributed by atoms with van der Waals surface area (Å²) in [4.78, 5) is 4.77. The van der Waals surface area contributed by atoms with Crippen LogP contribution in [-0.2, 0) is 22.7 Å². The van der Waals surface area contributed by atoms with Crippen molar-refractivity contribution >= 4 is 0 Å². The van der Waals surface area contributed by atoms with Gasteiger partial charge in [0.1, 0.15) is 11.6 Å². The molecular weight excluding hydrogens is 213 g/mol. The van der Waals surface area contributed by atoms with E-state index in [2.05, 4.69) is 5.48 Å². The first kappa shape index (κ1) is 12.9. The van der Waals surface area contributed by atoms with Gasteiger partial charge in [-0.15, -0.1) is 0 Å². The average Bonchev–Trinajstić information content (AvgIpc) is 2.27. The van der Waals surface area contributed by atoms with Crippen LogP contribution in [0.25, 0.3) is 0 Å². The predicted molar refractivity (Wildman–Crippen MR) is 57.5 cm³/mol. The van der Waals surface area contributed by atoms with E-state index in [-0.39, 0.29) is 5.82 Å². The largest absolute Gasteiger partial charge is 0.496 e. The van der Waals surface area contributed by atoms with Crippen molar-refractivity contribution in [2.24, 2.45) is 0 Å². The first-order valence-electron chi connectivity index (χ1n) is 4.83. The summed E-state index contributed by atoms with van der Waals surface area (Å²) in [6.45, 7) is 0.757. The van der Waals surface area contributed by atoms with Gasteiger partial charge in [-0.1, -0.05) is 0 Å². The van der Waals surface area contributed by atoms with Gasteiger partial charge in [0.25, 0.3) is 0 Å². The maximum absolute atomic E-state index is 13.3. The molecule has 0 fully saturated rings. The number of methoxy groups -OCH3 is 2. The van der Waals surface area contributed by atoms with E-state index in [0.717, 1.165) is 11.1 Å². The Morgan fingerprint density at radius 1 is 1.25 bits per heavy atom. The first-order chi connectivity index (χ1) is 7.72. The van der Waals surface area contributed by atoms with Gasteiger partial charge in [0.05, 0.1) is 27.4 Å². The third kappa shape index (κ3) is 3.16. The van der Waals surface area contributed by atoms with Crippen LogP contribution in [-0.4, -0.2) is 21.3 Å². The Morgan fingerprint density at radius 2 is 2.00 bits per heavy atom. The lowest BCUT2D eigenvalue weighted by Gasteiger charge is -2.14. The Bertz CT molecular complexity index is 344. The number of hydroxylamine groups is 1. The van der Waals surface area contributed by atoms with Crippen LogP contribution >= 0.6 is 0 Å². The van der Waals surface area contributed by atoms with E-state index in [4.69, 9.17) is 14.3 Å². The number of nitrogens with one attached hydrogen (secondary N) is 1. The summed E-state index contributed by atoms with van der Waals surface area (Å²) in [6, 6.07) is 2.77. The maximum Gasteiger partial charge on any atom is 0.127 e. The van der Waals surface area contributed by atoms with Gasteiger partial charge in [-0.3, -0.25) is 0 Å². The quantitative estimate of drug-likeness (QED) is 0.753. The van der Waals surface area contributed by atoms with Crippen molar-refractivity contribution in [3.8, 4) is 5.75 Å². The summed E-state index contributed by atoms with van der Waals surface area (Å²) in [5.41, 5.74) is 4.27. The minimum absolute atomic E-state index is 0.328. The highest BCUT2D eigenvalue weighted by molar-refractivity contribution is 5.40. The van der Waals surface area contributed by atoms with Crippen LogP contribution in [0.15, 0.2) is 12.1 Å². The molecule has 16 heavy (non-hydrogen) atoms. The van der Waals surface area contributed by atoms with Gasteiger partial charge in [0, 0.05) is 18.7 Å². The second-order valence-corrected chi connectivity index (χ2v) is 3.20. The molecule has 0 saturated heterocycles. The fourth-order valence-electron chi connectivity index (χ4n) is 1.48. The molecule has 5 heteroatoms. The second-order valence-electron chi connectivity index (χ2n) is 3.20. The molecule has 0 heterocycles. The van der Waals surface area contributed by atoms with Crippen LogP contribution in [0.1, 0.15) is 11.1 Å². The molecule has 1 aromatic rings. The number of halogens is 1. The van der Waals surface area contributed by atoms with E-state index >= 15 is 0 Å². The third-order valence-corrected chi connectivity index (χ3v) is 2.18. The van der Waals surface area contributed by atoms with Crippen molar-refractivity contribution in [2.45, 2.75) is 13.2 Å². The molecule has 0 aliphatic heterocycles. The molecule has 0 aliphatic carbocycles. The molecule has 1 N–H and O–H groups in total. The molecule has 0 saturated carbocycles. The van der Waals surface area contributed by atoms with E-state index in [0.29, 0.717) is 18.9 Å². The van der Waals surface area contributed by atoms with Crippen molar-refractivity contribution in [2.75, 3.05) is 21.3 Å². The minimum Gasteiger partial charge on any atom is -0.496 e. The minimum atomic E-state index is -0.343. The summed E-state index contributed by atoms with van der Waals surface area (Å²) >= 11 is 0. The van der Waals surface area contributed by atoms with Crippen LogP contribution in [0.5, 0.6) is 5.75 Å². The SMILES string of the molecule is COCc1cc(F)cc(OC)c1CNOC. The van der Waals surface area contributed by atoms with E-state index < -0.39 is 0 Å². The standard InChI is InChI=1S/C11H16FNO3/c1-14-7-8-4-9(12)5-11(15-2)10(8)6-13-16-3/h4-5,13H,6-7H2,1-3H3. The summed E-state index contributed by atoms with van der Waals surface area (Å²) in [7, 11) is 4.58. The van der Waals surface area contributed by atoms with Gasteiger partial charge in [0.15, 0.2) is 0 Å². The van der Waals surface area contributed by atoms with E-state index in [1.807, 2.05) is 0 Å². The van der Waals surface area contributed by atoms with Crippen LogP contribution in [0.3, 0.4) is 0 Å². The highest BCUT2D eigenvalue weighted by Gasteiger charge is 2.11. The number of hydrogen-bond acceptors (Lipinski definition) is 4. The van der Waals surface area contributed by atoms with E-state index in [1.54, 1.807) is 7.11 Å². The van der Waals surface area contributed by atoms with Gasteiger partial charge in [-0.05, 0) is 11.6 Å². The Morgan fingerprint density at radius 3 is 2.56 bits per heavy atom. The van der Waals surface area contributed by atoms with Gasteiger partial charge >= 0.3 is 0 Å². The lowest BCUT2D eigenvalue weighted by atomic mass is 10.1. The molecule has 4 nitrogen and oxygen atoms in total. The summed E-state index contributed by atoms with van der Waals surface area (Å²) in [5, 5.41) is 0. The number of ether oxygens (including phenoxy) is 2. The predicted octanol–water partition coefficient (Wildman–Crippen LogP) is 1.63. The molecule has 1 rings (SSSR count). The average molecular weight is 229 g/mol. The third-order valence-electron chi connectivity index (χ3n) is 2.18. The molecule has 90 valence electrons. The zero-order valence-corrected chi connectivity index (χ0v) is 9.67. The highest BCUT2D eigenvalue weighted by Crippen LogP contribution is 2.24. The highest BCUT2D eigenvalue weighted by atomic mass is 19.1. The Kier molecular flexibility index (Phi) is 5.18. The van der Waals surface area contributed by atoms with Crippen molar-refractivity contribution in [3.63, 3.8) is 0 Å². The normalized spacial score (nSPS) is 10.5. The fraction of sp³-hybridized carbons (Fsp3) is 0.455. The molecule has 0 radical (unpaired) electrons. The fourth-order valence-corrected chi connectivity index (χ4v) is 1.48. The Hall–Kier alpha value is -1.17. The molecule has 0 aliphatic rings. The van der Waals surface area contributed by atoms with E-state index in [9.17, 15) is 4.39 Å². The van der Waals surface area contributed by atoms with Gasteiger partial charge in [-0.25, -0.2) is 4.39 Å². The monoisotopic (exact) mass is 229 g/mol. The maximum atomic E-state index is 13.3. The van der Waals surface area contributed by atoms with Gasteiger partial charge in [-0.2, -0.15) is 5.48 Å². The summed E-state index contributed by atoms with van der Waals surface area (Å²) < 4.78 is 23.4. The molecule has 0 amide bonds. The second kappa shape index (κ2) is 6.42. The lowest BCUT2D eigenvalue weighted by molar-refractivity contribution is 0.0852. The van der Waals surface area contributed by atoms with Crippen molar-refractivity contribution in [1.29, 1.82) is 0 Å². The van der Waals surface area contributed by atoms with Crippen LogP contribution in [0, 0.1) is 5.82 Å². The molecule has 0 bridgehead atoms. The smallest absolute Gasteiger partial charge is 0.127 e. The number of benzene rings is 1. The van der Waals surface area contributed by atoms with Crippen LogP contribution in [0.2, 0.25) is 0 Å². The summed E-state index contributed by atoms with van der Waals surface area (Å²) in [5.74, 6) is 0.140.